The van der Waals surface area contributed by atoms with Crippen LogP contribution in [0.2, 0.25) is 5.02 Å². The molecule has 1 fully saturated rings. The summed E-state index contributed by atoms with van der Waals surface area (Å²) in [4.78, 5) is 13.8. The van der Waals surface area contributed by atoms with E-state index < -0.39 is 17.6 Å². The van der Waals surface area contributed by atoms with Crippen molar-refractivity contribution in [2.75, 3.05) is 38.0 Å². The minimum Gasteiger partial charge on any atom is -0.324 e. The van der Waals surface area contributed by atoms with Gasteiger partial charge in [-0.1, -0.05) is 11.6 Å². The first-order chi connectivity index (χ1) is 9.86. The Morgan fingerprint density at radius 2 is 1.87 bits per heavy atom. The zero-order valence-electron chi connectivity index (χ0n) is 12.0. The van der Waals surface area contributed by atoms with E-state index in [1.165, 1.54) is 12.1 Å². The smallest absolute Gasteiger partial charge is 0.324 e. The molecular weight excluding hydrogens is 378 g/mol. The molecule has 1 amide bonds. The molecule has 0 atom stereocenters. The van der Waals surface area contributed by atoms with E-state index in [9.17, 15) is 18.0 Å². The third kappa shape index (κ3) is 6.73. The van der Waals surface area contributed by atoms with Gasteiger partial charge in [0, 0.05) is 31.2 Å². The number of carbonyl (C=O) groups excluding carboxylic acids is 1. The van der Waals surface area contributed by atoms with Gasteiger partial charge in [0.15, 0.2) is 0 Å². The summed E-state index contributed by atoms with van der Waals surface area (Å²) in [5.41, 5.74) is -1.21. The van der Waals surface area contributed by atoms with Gasteiger partial charge in [0.05, 0.1) is 17.8 Å². The number of halogens is 6. The van der Waals surface area contributed by atoms with Gasteiger partial charge in [-0.15, -0.1) is 24.8 Å². The lowest BCUT2D eigenvalue weighted by molar-refractivity contribution is -0.137. The molecule has 1 aliphatic heterocycles. The van der Waals surface area contributed by atoms with Gasteiger partial charge in [0.25, 0.3) is 0 Å². The number of amides is 1. The van der Waals surface area contributed by atoms with Gasteiger partial charge in [-0.05, 0) is 18.2 Å². The molecule has 0 bridgehead atoms. The van der Waals surface area contributed by atoms with Crippen molar-refractivity contribution < 1.29 is 18.0 Å². The monoisotopic (exact) mass is 393 g/mol. The summed E-state index contributed by atoms with van der Waals surface area (Å²) < 4.78 is 38.7. The summed E-state index contributed by atoms with van der Waals surface area (Å²) in [5.74, 6) is -0.468. The molecule has 2 N–H and O–H groups in total. The van der Waals surface area contributed by atoms with Gasteiger partial charge in [-0.2, -0.15) is 13.2 Å². The number of nitrogens with one attached hydrogen (secondary N) is 2. The Kier molecular flexibility index (Phi) is 9.24. The predicted octanol–water partition coefficient (Wildman–Crippen LogP) is 3.05. The third-order valence-corrected chi connectivity index (χ3v) is 3.37. The van der Waals surface area contributed by atoms with Gasteiger partial charge in [-0.3, -0.25) is 9.69 Å². The second-order valence-electron chi connectivity index (χ2n) is 4.76. The summed E-state index contributed by atoms with van der Waals surface area (Å²) in [6.07, 6.45) is -4.57. The molecular formula is C13H17Cl3F3N3O. The van der Waals surface area contributed by atoms with Crippen molar-refractivity contribution in [1.82, 2.24) is 10.2 Å². The normalized spacial score (nSPS) is 15.3. The van der Waals surface area contributed by atoms with Crippen LogP contribution in [0.4, 0.5) is 18.9 Å². The number of carbonyl (C=O) groups is 1. The van der Waals surface area contributed by atoms with E-state index in [-0.39, 0.29) is 42.1 Å². The van der Waals surface area contributed by atoms with Crippen LogP contribution < -0.4 is 10.6 Å². The fraction of sp³-hybridized carbons (Fsp3) is 0.462. The molecule has 1 aromatic rings. The topological polar surface area (TPSA) is 44.4 Å². The number of rotatable bonds is 3. The first-order valence-electron chi connectivity index (χ1n) is 6.46. The molecule has 0 aliphatic carbocycles. The van der Waals surface area contributed by atoms with E-state index in [2.05, 4.69) is 10.6 Å². The van der Waals surface area contributed by atoms with Crippen molar-refractivity contribution in [3.8, 4) is 0 Å². The van der Waals surface area contributed by atoms with Gasteiger partial charge in [0.1, 0.15) is 0 Å². The zero-order chi connectivity index (χ0) is 15.5. The van der Waals surface area contributed by atoms with Gasteiger partial charge >= 0.3 is 6.18 Å². The molecule has 0 aromatic heterocycles. The van der Waals surface area contributed by atoms with Crippen LogP contribution in [0.5, 0.6) is 0 Å². The zero-order valence-corrected chi connectivity index (χ0v) is 14.3. The van der Waals surface area contributed by atoms with Gasteiger partial charge in [-0.25, -0.2) is 0 Å². The van der Waals surface area contributed by atoms with Gasteiger partial charge in [0.2, 0.25) is 5.91 Å². The number of nitrogens with zero attached hydrogens (tertiary/aromatic N) is 1. The van der Waals surface area contributed by atoms with Crippen LogP contribution in [0.3, 0.4) is 0 Å². The maximum atomic E-state index is 12.9. The molecule has 1 saturated heterocycles. The Labute approximate surface area is 149 Å². The van der Waals surface area contributed by atoms with Crippen molar-refractivity contribution >= 4 is 48.0 Å². The SMILES string of the molecule is Cl.Cl.O=C(CN1CCNCC1)Nc1ccc(Cl)cc1C(F)(F)F. The molecule has 0 unspecified atom stereocenters. The number of alkyl halides is 3. The Morgan fingerprint density at radius 1 is 1.26 bits per heavy atom. The average Bonchev–Trinajstić information content (AvgIpc) is 2.40. The summed E-state index contributed by atoms with van der Waals surface area (Å²) in [7, 11) is 0. The third-order valence-electron chi connectivity index (χ3n) is 3.14. The molecule has 1 aliphatic rings. The van der Waals surface area contributed by atoms with Crippen LogP contribution in [-0.2, 0) is 11.0 Å². The number of anilines is 1. The first kappa shape index (κ1) is 22.3. The lowest BCUT2D eigenvalue weighted by Gasteiger charge is -2.26. The number of piperazine rings is 1. The fourth-order valence-corrected chi connectivity index (χ4v) is 2.29. The first-order valence-corrected chi connectivity index (χ1v) is 6.84. The summed E-state index contributed by atoms with van der Waals surface area (Å²) >= 11 is 5.59. The van der Waals surface area contributed by atoms with Crippen molar-refractivity contribution in [3.05, 3.63) is 28.8 Å². The maximum absolute atomic E-state index is 12.9. The number of benzene rings is 1. The predicted molar refractivity (Wildman–Crippen MR) is 88.9 cm³/mol. The molecule has 2 rings (SSSR count). The summed E-state index contributed by atoms with van der Waals surface area (Å²) in [5, 5.41) is 5.42. The molecule has 0 saturated carbocycles. The standard InChI is InChI=1S/C13H15ClF3N3O.2ClH/c14-9-1-2-11(10(7-9)13(15,16)17)19-12(21)8-20-5-3-18-4-6-20;;/h1-2,7,18H,3-6,8H2,(H,19,21);2*1H. The van der Waals surface area contributed by atoms with Crippen molar-refractivity contribution in [3.63, 3.8) is 0 Å². The highest BCUT2D eigenvalue weighted by atomic mass is 35.5. The molecule has 0 spiro atoms. The van der Waals surface area contributed by atoms with E-state index in [0.717, 1.165) is 19.2 Å². The Balaban J connectivity index is 0.00000242. The fourth-order valence-electron chi connectivity index (χ4n) is 2.12. The van der Waals surface area contributed by atoms with Crippen LogP contribution in [0, 0.1) is 0 Å². The molecule has 0 radical (unpaired) electrons. The van der Waals surface area contributed by atoms with E-state index >= 15 is 0 Å². The van der Waals surface area contributed by atoms with Crippen LogP contribution >= 0.6 is 36.4 Å². The molecule has 1 heterocycles. The van der Waals surface area contributed by atoms with Crippen LogP contribution in [-0.4, -0.2) is 43.5 Å². The molecule has 23 heavy (non-hydrogen) atoms. The molecule has 10 heteroatoms. The van der Waals surface area contributed by atoms with E-state index in [4.69, 9.17) is 11.6 Å². The van der Waals surface area contributed by atoms with E-state index in [1.54, 1.807) is 0 Å². The highest BCUT2D eigenvalue weighted by Crippen LogP contribution is 2.36. The molecule has 4 nitrogen and oxygen atoms in total. The average molecular weight is 395 g/mol. The highest BCUT2D eigenvalue weighted by Gasteiger charge is 2.34. The largest absolute Gasteiger partial charge is 0.418 e. The summed E-state index contributed by atoms with van der Waals surface area (Å²) in [6.45, 7) is 2.99. The minimum atomic E-state index is -4.57. The molecule has 1 aromatic carbocycles. The van der Waals surface area contributed by atoms with E-state index in [1.807, 2.05) is 4.90 Å². The number of hydrogen-bond acceptors (Lipinski definition) is 3. The Bertz CT molecular complexity index is 523. The van der Waals surface area contributed by atoms with Crippen LogP contribution in [0.25, 0.3) is 0 Å². The van der Waals surface area contributed by atoms with Crippen molar-refractivity contribution in [2.24, 2.45) is 0 Å². The van der Waals surface area contributed by atoms with Crippen LogP contribution in [0.1, 0.15) is 5.56 Å². The second kappa shape index (κ2) is 9.54. The summed E-state index contributed by atoms with van der Waals surface area (Å²) in [6, 6.07) is 3.29. The quantitative estimate of drug-likeness (QED) is 0.828. The number of hydrogen-bond donors (Lipinski definition) is 2. The minimum absolute atomic E-state index is 0. The lowest BCUT2D eigenvalue weighted by atomic mass is 10.1. The van der Waals surface area contributed by atoms with Crippen molar-refractivity contribution in [2.45, 2.75) is 6.18 Å². The Morgan fingerprint density at radius 3 is 2.43 bits per heavy atom. The van der Waals surface area contributed by atoms with Crippen molar-refractivity contribution in [1.29, 1.82) is 0 Å². The lowest BCUT2D eigenvalue weighted by Crippen LogP contribution is -2.46. The second-order valence-corrected chi connectivity index (χ2v) is 5.20. The van der Waals surface area contributed by atoms with E-state index in [0.29, 0.717) is 13.1 Å². The van der Waals surface area contributed by atoms with Gasteiger partial charge < -0.3 is 10.6 Å². The van der Waals surface area contributed by atoms with Crippen LogP contribution in [0.15, 0.2) is 18.2 Å². The molecule has 132 valence electrons. The Hall–Kier alpha value is -0.730. The highest BCUT2D eigenvalue weighted by molar-refractivity contribution is 6.30. The maximum Gasteiger partial charge on any atom is 0.418 e.